The molecule has 9 heteroatoms. The van der Waals surface area contributed by atoms with Crippen LogP contribution in [0.4, 0.5) is 8.78 Å². The molecule has 0 N–H and O–H groups in total. The maximum Gasteiger partial charge on any atom is 0.338 e. The number of Topliss-reactive ketones (excluding diaryl/α,β-unsaturated/α-hetero) is 1. The van der Waals surface area contributed by atoms with Gasteiger partial charge in [-0.1, -0.05) is 12.5 Å². The van der Waals surface area contributed by atoms with Gasteiger partial charge in [0.25, 0.3) is 0 Å². The third-order valence-electron chi connectivity index (χ3n) is 4.92. The topological polar surface area (TPSA) is 80.8 Å². The number of ketones is 1. The molecule has 0 saturated carbocycles. The Morgan fingerprint density at radius 3 is 2.43 bits per heavy atom. The molecule has 1 fully saturated rings. The molecule has 0 aromatic heterocycles. The smallest absolute Gasteiger partial charge is 0.338 e. The maximum atomic E-state index is 13.7. The number of ether oxygens (including phenoxy) is 1. The molecule has 0 aliphatic carbocycles. The number of benzene rings is 2. The van der Waals surface area contributed by atoms with Gasteiger partial charge in [-0.25, -0.2) is 22.0 Å². The summed E-state index contributed by atoms with van der Waals surface area (Å²) in [6.07, 6.45) is 2.52. The van der Waals surface area contributed by atoms with Crippen LogP contribution in [0.1, 0.15) is 45.5 Å². The number of rotatable bonds is 6. The molecule has 0 amide bonds. The first kappa shape index (κ1) is 22.0. The number of carbonyl (C=O) groups is 2. The van der Waals surface area contributed by atoms with E-state index in [1.807, 2.05) is 0 Å². The number of piperidine rings is 1. The van der Waals surface area contributed by atoms with Gasteiger partial charge in [0.05, 0.1) is 16.0 Å². The second kappa shape index (κ2) is 9.01. The zero-order chi connectivity index (χ0) is 21.9. The first-order valence-electron chi connectivity index (χ1n) is 9.46. The third-order valence-corrected chi connectivity index (χ3v) is 6.96. The Balaban J connectivity index is 1.76. The molecule has 30 heavy (non-hydrogen) atoms. The Hall–Kier alpha value is -2.65. The van der Waals surface area contributed by atoms with E-state index < -0.39 is 45.6 Å². The fraction of sp³-hybridized carbons (Fsp3) is 0.333. The highest BCUT2D eigenvalue weighted by atomic mass is 32.2. The first-order chi connectivity index (χ1) is 14.2. The molecule has 1 aliphatic rings. The van der Waals surface area contributed by atoms with Crippen molar-refractivity contribution in [3.05, 3.63) is 64.7 Å². The van der Waals surface area contributed by atoms with Crippen LogP contribution in [0, 0.1) is 18.6 Å². The van der Waals surface area contributed by atoms with E-state index in [0.29, 0.717) is 18.7 Å². The number of hydrogen-bond donors (Lipinski definition) is 0. The van der Waals surface area contributed by atoms with E-state index in [4.69, 9.17) is 4.74 Å². The lowest BCUT2D eigenvalue weighted by atomic mass is 10.1. The minimum absolute atomic E-state index is 0.00125. The number of carbonyl (C=O) groups excluding carboxylic acids is 2. The summed E-state index contributed by atoms with van der Waals surface area (Å²) in [5.74, 6) is -3.57. The summed E-state index contributed by atoms with van der Waals surface area (Å²) >= 11 is 0. The third kappa shape index (κ3) is 4.73. The molecule has 0 radical (unpaired) electrons. The van der Waals surface area contributed by atoms with Crippen LogP contribution in [0.2, 0.25) is 0 Å². The SMILES string of the molecule is Cc1ccc(C(=O)OCC(=O)c2cc(F)ccc2F)cc1S(=O)(=O)N1CCCCC1. The van der Waals surface area contributed by atoms with Crippen molar-refractivity contribution >= 4 is 21.8 Å². The number of halogens is 2. The van der Waals surface area contributed by atoms with Crippen molar-refractivity contribution in [1.82, 2.24) is 4.31 Å². The fourth-order valence-corrected chi connectivity index (χ4v) is 5.02. The van der Waals surface area contributed by atoms with E-state index in [9.17, 15) is 26.8 Å². The van der Waals surface area contributed by atoms with Crippen LogP contribution >= 0.6 is 0 Å². The van der Waals surface area contributed by atoms with Gasteiger partial charge in [-0.2, -0.15) is 4.31 Å². The van der Waals surface area contributed by atoms with Crippen molar-refractivity contribution in [1.29, 1.82) is 0 Å². The summed E-state index contributed by atoms with van der Waals surface area (Å²) in [6.45, 7) is 1.66. The van der Waals surface area contributed by atoms with Gasteiger partial charge in [0, 0.05) is 13.1 Å². The van der Waals surface area contributed by atoms with Gasteiger partial charge < -0.3 is 4.74 Å². The normalized spacial score (nSPS) is 15.0. The van der Waals surface area contributed by atoms with Crippen LogP contribution in [0.5, 0.6) is 0 Å². The number of hydrogen-bond acceptors (Lipinski definition) is 5. The lowest BCUT2D eigenvalue weighted by Crippen LogP contribution is -2.36. The quantitative estimate of drug-likeness (QED) is 0.511. The van der Waals surface area contributed by atoms with Gasteiger partial charge in [-0.3, -0.25) is 4.79 Å². The first-order valence-corrected chi connectivity index (χ1v) is 10.9. The summed E-state index contributed by atoms with van der Waals surface area (Å²) < 4.78 is 59.1. The number of esters is 1. The molecule has 0 bridgehead atoms. The molecule has 0 unspecified atom stereocenters. The van der Waals surface area contributed by atoms with Gasteiger partial charge >= 0.3 is 5.97 Å². The van der Waals surface area contributed by atoms with Gasteiger partial charge in [0.2, 0.25) is 15.8 Å². The predicted molar refractivity (Wildman–Crippen MR) is 105 cm³/mol. The van der Waals surface area contributed by atoms with Crippen molar-refractivity contribution in [3.8, 4) is 0 Å². The summed E-state index contributed by atoms with van der Waals surface area (Å²) in [7, 11) is -3.77. The molecule has 1 saturated heterocycles. The molecule has 2 aromatic rings. The lowest BCUT2D eigenvalue weighted by molar-refractivity contribution is 0.0473. The molecule has 1 aliphatic heterocycles. The van der Waals surface area contributed by atoms with E-state index in [-0.39, 0.29) is 10.5 Å². The highest BCUT2D eigenvalue weighted by Gasteiger charge is 2.28. The Kier molecular flexibility index (Phi) is 6.62. The minimum atomic E-state index is -3.77. The van der Waals surface area contributed by atoms with E-state index in [2.05, 4.69) is 0 Å². The van der Waals surface area contributed by atoms with Crippen LogP contribution in [-0.4, -0.2) is 44.2 Å². The Bertz CT molecular complexity index is 1080. The average Bonchev–Trinajstić information content (AvgIpc) is 2.74. The maximum absolute atomic E-state index is 13.7. The zero-order valence-corrected chi connectivity index (χ0v) is 17.2. The summed E-state index contributed by atoms with van der Waals surface area (Å²) in [4.78, 5) is 24.4. The Morgan fingerprint density at radius 2 is 1.73 bits per heavy atom. The van der Waals surface area contributed by atoms with Crippen LogP contribution in [0.25, 0.3) is 0 Å². The Labute approximate surface area is 173 Å². The van der Waals surface area contributed by atoms with Gasteiger partial charge in [-0.05, 0) is 55.7 Å². The van der Waals surface area contributed by atoms with Crippen LogP contribution in [0.3, 0.4) is 0 Å². The highest BCUT2D eigenvalue weighted by Crippen LogP contribution is 2.24. The largest absolute Gasteiger partial charge is 0.454 e. The number of sulfonamides is 1. The zero-order valence-electron chi connectivity index (χ0n) is 16.4. The van der Waals surface area contributed by atoms with E-state index in [0.717, 1.165) is 37.5 Å². The van der Waals surface area contributed by atoms with Crippen LogP contribution < -0.4 is 0 Å². The summed E-state index contributed by atoms with van der Waals surface area (Å²) in [5.41, 5.74) is -0.0983. The van der Waals surface area contributed by atoms with Gasteiger partial charge in [-0.15, -0.1) is 0 Å². The standard InChI is InChI=1S/C21H21F2NO5S/c1-14-5-6-15(11-20(14)30(27,28)24-9-3-2-4-10-24)21(26)29-13-19(25)17-12-16(22)7-8-18(17)23/h5-8,11-12H,2-4,9-10,13H2,1H3. The monoisotopic (exact) mass is 437 g/mol. The van der Waals surface area contributed by atoms with Crippen molar-refractivity contribution in [3.63, 3.8) is 0 Å². The van der Waals surface area contributed by atoms with Crippen molar-refractivity contribution in [2.45, 2.75) is 31.1 Å². The second-order valence-corrected chi connectivity index (χ2v) is 8.97. The van der Waals surface area contributed by atoms with Crippen LogP contribution in [-0.2, 0) is 14.8 Å². The second-order valence-electron chi connectivity index (χ2n) is 7.07. The van der Waals surface area contributed by atoms with Gasteiger partial charge in [0.15, 0.2) is 6.61 Å². The molecule has 0 spiro atoms. The number of nitrogens with zero attached hydrogens (tertiary/aromatic N) is 1. The number of aryl methyl sites for hydroxylation is 1. The minimum Gasteiger partial charge on any atom is -0.454 e. The molecular formula is C21H21F2NO5S. The molecular weight excluding hydrogens is 416 g/mol. The molecule has 160 valence electrons. The Morgan fingerprint density at radius 1 is 1.03 bits per heavy atom. The molecule has 2 aromatic carbocycles. The van der Waals surface area contributed by atoms with E-state index >= 15 is 0 Å². The van der Waals surface area contributed by atoms with E-state index in [1.54, 1.807) is 6.92 Å². The summed E-state index contributed by atoms with van der Waals surface area (Å²) in [5, 5.41) is 0. The molecule has 1 heterocycles. The van der Waals surface area contributed by atoms with Crippen molar-refractivity contribution in [2.75, 3.05) is 19.7 Å². The van der Waals surface area contributed by atoms with E-state index in [1.165, 1.54) is 22.5 Å². The molecule has 3 rings (SSSR count). The van der Waals surface area contributed by atoms with Crippen molar-refractivity contribution in [2.24, 2.45) is 0 Å². The summed E-state index contributed by atoms with van der Waals surface area (Å²) in [6, 6.07) is 6.49. The molecule has 0 atom stereocenters. The molecule has 6 nitrogen and oxygen atoms in total. The van der Waals surface area contributed by atoms with Crippen LogP contribution in [0.15, 0.2) is 41.3 Å². The van der Waals surface area contributed by atoms with Gasteiger partial charge in [0.1, 0.15) is 11.6 Å². The lowest BCUT2D eigenvalue weighted by Gasteiger charge is -2.26. The fourth-order valence-electron chi connectivity index (χ4n) is 3.25. The predicted octanol–water partition coefficient (Wildman–Crippen LogP) is 3.49. The highest BCUT2D eigenvalue weighted by molar-refractivity contribution is 7.89. The van der Waals surface area contributed by atoms with Crippen molar-refractivity contribution < 1.29 is 31.5 Å². The average molecular weight is 437 g/mol.